The Kier molecular flexibility index (Phi) is 7.04. The molecule has 0 saturated heterocycles. The summed E-state index contributed by atoms with van der Waals surface area (Å²) in [4.78, 5) is 6.89. The van der Waals surface area contributed by atoms with Crippen molar-refractivity contribution in [1.29, 1.82) is 0 Å². The second-order valence-electron chi connectivity index (χ2n) is 7.91. The van der Waals surface area contributed by atoms with Crippen LogP contribution in [0.1, 0.15) is 30.6 Å². The molecule has 2 atom stereocenters. The molecule has 1 aliphatic heterocycles. The number of primary sulfonamides is 1. The summed E-state index contributed by atoms with van der Waals surface area (Å²) < 4.78 is 50.7. The molecule has 0 amide bonds. The molecule has 10 heteroatoms. The molecule has 0 bridgehead atoms. The Morgan fingerprint density at radius 3 is 2.88 bits per heavy atom. The van der Waals surface area contributed by atoms with E-state index in [0.717, 1.165) is 51.2 Å². The van der Waals surface area contributed by atoms with Crippen LogP contribution in [0.15, 0.2) is 47.4 Å². The molecule has 0 radical (unpaired) electrons. The molecule has 0 spiro atoms. The molecule has 4 rings (SSSR count). The van der Waals surface area contributed by atoms with E-state index in [9.17, 15) is 17.2 Å². The largest absolute Gasteiger partial charge is 0.361 e. The van der Waals surface area contributed by atoms with Gasteiger partial charge >= 0.3 is 0 Å². The van der Waals surface area contributed by atoms with Crippen LogP contribution < -0.4 is 10.5 Å². The molecule has 1 aromatic heterocycles. The predicted octanol–water partition coefficient (Wildman–Crippen LogP) is 5.06. The van der Waals surface area contributed by atoms with Gasteiger partial charge in [0.05, 0.1) is 5.69 Å². The molecule has 2 aromatic rings. The Bertz CT molecular complexity index is 1150. The van der Waals surface area contributed by atoms with Gasteiger partial charge in [-0.2, -0.15) is 0 Å². The van der Waals surface area contributed by atoms with Crippen molar-refractivity contribution in [2.75, 3.05) is 17.6 Å². The minimum absolute atomic E-state index is 0.138. The predicted molar refractivity (Wildman–Crippen MR) is 128 cm³/mol. The molecule has 32 heavy (non-hydrogen) atoms. The van der Waals surface area contributed by atoms with Crippen molar-refractivity contribution < 1.29 is 17.2 Å². The molecule has 5 nitrogen and oxygen atoms in total. The van der Waals surface area contributed by atoms with Gasteiger partial charge in [0, 0.05) is 27.6 Å². The van der Waals surface area contributed by atoms with Crippen LogP contribution in [0.3, 0.4) is 0 Å². The molecular weight excluding hydrogens is 472 g/mol. The van der Waals surface area contributed by atoms with Crippen molar-refractivity contribution in [2.24, 2.45) is 5.14 Å². The lowest BCUT2D eigenvalue weighted by atomic mass is 9.91. The first-order valence-corrected chi connectivity index (χ1v) is 13.8. The lowest BCUT2D eigenvalue weighted by molar-refractivity contribution is 0.313. The van der Waals surface area contributed by atoms with E-state index < -0.39 is 20.9 Å². The lowest BCUT2D eigenvalue weighted by Crippen LogP contribution is -2.49. The van der Waals surface area contributed by atoms with E-state index in [4.69, 9.17) is 10.1 Å². The first-order valence-electron chi connectivity index (χ1n) is 10.5. The summed E-state index contributed by atoms with van der Waals surface area (Å²) in [6.45, 7) is 0.661. The fourth-order valence-electron chi connectivity index (χ4n) is 4.02. The quantitative estimate of drug-likeness (QED) is 0.498. The molecule has 2 aliphatic rings. The fraction of sp³-hybridized carbons (Fsp3) is 0.409. The SMILES string of the molecule is NS(=O)(=O)C1(CCCCCNc2nc3c(s2)CCSc2ccc(F)cc2-3)C=CC=CC1F. The summed E-state index contributed by atoms with van der Waals surface area (Å²) in [7, 11) is -4.07. The van der Waals surface area contributed by atoms with Crippen molar-refractivity contribution in [3.05, 3.63) is 53.2 Å². The number of aryl methyl sites for hydroxylation is 1. The number of nitrogens with one attached hydrogen (secondary N) is 1. The number of fused-ring (bicyclic) bond motifs is 3. The molecule has 0 fully saturated rings. The van der Waals surface area contributed by atoms with Gasteiger partial charge in [-0.1, -0.05) is 31.1 Å². The van der Waals surface area contributed by atoms with E-state index in [1.165, 1.54) is 30.4 Å². The maximum atomic E-state index is 14.4. The van der Waals surface area contributed by atoms with Crippen molar-refractivity contribution >= 4 is 38.3 Å². The normalized spacial score (nSPS) is 22.3. The van der Waals surface area contributed by atoms with Crippen LogP contribution in [-0.4, -0.2) is 36.6 Å². The minimum Gasteiger partial charge on any atom is -0.361 e. The van der Waals surface area contributed by atoms with Crippen LogP contribution in [0.2, 0.25) is 0 Å². The zero-order valence-corrected chi connectivity index (χ0v) is 19.8. The Hall–Kier alpha value is -1.75. The van der Waals surface area contributed by atoms with Crippen molar-refractivity contribution in [1.82, 2.24) is 4.98 Å². The van der Waals surface area contributed by atoms with E-state index in [1.807, 2.05) is 6.07 Å². The second kappa shape index (κ2) is 9.62. The van der Waals surface area contributed by atoms with E-state index in [-0.39, 0.29) is 12.2 Å². The van der Waals surface area contributed by atoms with Crippen LogP contribution >= 0.6 is 23.1 Å². The third-order valence-electron chi connectivity index (χ3n) is 5.77. The number of sulfonamides is 1. The second-order valence-corrected chi connectivity index (χ2v) is 12.0. The van der Waals surface area contributed by atoms with Crippen LogP contribution in [0.25, 0.3) is 11.3 Å². The highest BCUT2D eigenvalue weighted by Gasteiger charge is 2.46. The third kappa shape index (κ3) is 4.78. The first-order chi connectivity index (χ1) is 15.3. The number of allylic oxidation sites excluding steroid dienone is 3. The van der Waals surface area contributed by atoms with Crippen molar-refractivity contribution in [3.8, 4) is 11.3 Å². The highest BCUT2D eigenvalue weighted by molar-refractivity contribution is 7.99. The summed E-state index contributed by atoms with van der Waals surface area (Å²) in [5, 5.41) is 9.47. The van der Waals surface area contributed by atoms with Crippen LogP contribution in [-0.2, 0) is 16.4 Å². The molecule has 1 aliphatic carbocycles. The molecule has 3 N–H and O–H groups in total. The van der Waals surface area contributed by atoms with E-state index in [1.54, 1.807) is 29.2 Å². The highest BCUT2D eigenvalue weighted by atomic mass is 32.2. The fourth-order valence-corrected chi connectivity index (χ4v) is 7.24. The summed E-state index contributed by atoms with van der Waals surface area (Å²) in [6.07, 6.45) is 7.07. The Labute approximate surface area is 195 Å². The smallest absolute Gasteiger partial charge is 0.221 e. The number of aromatic nitrogens is 1. The van der Waals surface area contributed by atoms with Crippen molar-refractivity contribution in [2.45, 2.75) is 47.9 Å². The van der Waals surface area contributed by atoms with Gasteiger partial charge in [0.2, 0.25) is 10.0 Å². The van der Waals surface area contributed by atoms with Crippen molar-refractivity contribution in [3.63, 3.8) is 0 Å². The van der Waals surface area contributed by atoms with E-state index in [0.29, 0.717) is 13.0 Å². The van der Waals surface area contributed by atoms with Gasteiger partial charge in [-0.15, -0.1) is 23.1 Å². The number of benzene rings is 1. The van der Waals surface area contributed by atoms with Gasteiger partial charge in [0.25, 0.3) is 0 Å². The number of thiazole rings is 1. The zero-order valence-electron chi connectivity index (χ0n) is 17.4. The maximum Gasteiger partial charge on any atom is 0.221 e. The number of alkyl halides is 1. The molecular formula is C22H25F2N3O2S3. The standard InChI is InChI=1S/C22H25F2N3O2S3/c23-15-7-8-17-16(14-15)20-18(9-13-30-17)31-21(27-20)26-12-5-1-3-10-22(32(25,28)29)11-4-2-6-19(22)24/h2,4,6-8,11,14,19H,1,3,5,9-10,12-13H2,(H,26,27)(H2,25,28,29). The number of anilines is 1. The van der Waals surface area contributed by atoms with Crippen LogP contribution in [0, 0.1) is 5.82 Å². The van der Waals surface area contributed by atoms with Gasteiger partial charge in [-0.05, 0) is 43.5 Å². The van der Waals surface area contributed by atoms with Gasteiger partial charge in [0.15, 0.2) is 5.13 Å². The highest BCUT2D eigenvalue weighted by Crippen LogP contribution is 2.41. The number of nitrogens with two attached hydrogens (primary N) is 1. The first kappa shape index (κ1) is 23.4. The average molecular weight is 498 g/mol. The summed E-state index contributed by atoms with van der Waals surface area (Å²) >= 11 is 3.31. The topological polar surface area (TPSA) is 85.1 Å². The molecule has 1 aromatic carbocycles. The van der Waals surface area contributed by atoms with Gasteiger partial charge in [-0.25, -0.2) is 27.3 Å². The van der Waals surface area contributed by atoms with Gasteiger partial charge in [-0.3, -0.25) is 0 Å². The molecule has 172 valence electrons. The van der Waals surface area contributed by atoms with Gasteiger partial charge in [0.1, 0.15) is 16.7 Å². The number of unbranched alkanes of at least 4 members (excludes halogenated alkanes) is 2. The summed E-state index contributed by atoms with van der Waals surface area (Å²) in [6, 6.07) is 4.84. The minimum atomic E-state index is -4.07. The van der Waals surface area contributed by atoms with Gasteiger partial charge < -0.3 is 5.32 Å². The Balaban J connectivity index is 1.32. The van der Waals surface area contributed by atoms with E-state index in [2.05, 4.69) is 5.32 Å². The van der Waals surface area contributed by atoms with E-state index >= 15 is 0 Å². The molecule has 2 heterocycles. The summed E-state index contributed by atoms with van der Waals surface area (Å²) in [5.74, 6) is 0.661. The monoisotopic (exact) mass is 497 g/mol. The number of hydrogen-bond acceptors (Lipinski definition) is 6. The maximum absolute atomic E-state index is 14.4. The zero-order chi connectivity index (χ0) is 22.8. The Morgan fingerprint density at radius 1 is 1.25 bits per heavy atom. The number of halogens is 2. The number of thioether (sulfide) groups is 1. The summed E-state index contributed by atoms with van der Waals surface area (Å²) in [5.41, 5.74) is 1.69. The Morgan fingerprint density at radius 2 is 2.09 bits per heavy atom. The number of hydrogen-bond donors (Lipinski definition) is 2. The lowest BCUT2D eigenvalue weighted by Gasteiger charge is -2.31. The number of nitrogens with zero attached hydrogens (tertiary/aromatic N) is 1. The average Bonchev–Trinajstić information content (AvgIpc) is 3.07. The molecule has 0 saturated carbocycles. The number of rotatable bonds is 8. The third-order valence-corrected chi connectivity index (χ3v) is 9.54. The van der Waals surface area contributed by atoms with Crippen LogP contribution in [0.4, 0.5) is 13.9 Å². The van der Waals surface area contributed by atoms with Crippen LogP contribution in [0.5, 0.6) is 0 Å². The molecule has 2 unspecified atom stereocenters.